The number of urea groups is 1. The van der Waals surface area contributed by atoms with Gasteiger partial charge in [-0.25, -0.2) is 9.69 Å². The Hall–Kier alpha value is -3.42. The molecule has 6 nitrogen and oxygen atoms in total. The van der Waals surface area contributed by atoms with Crippen LogP contribution >= 0.6 is 27.5 Å². The molecule has 3 aromatic rings. The number of hydrogen-bond acceptors (Lipinski definition) is 4. The quantitative estimate of drug-likeness (QED) is 0.320. The highest BCUT2D eigenvalue weighted by Crippen LogP contribution is 2.31. The fraction of sp³-hybridized carbons (Fsp3) is 0.115. The highest BCUT2D eigenvalue weighted by atomic mass is 79.9. The Kier molecular flexibility index (Phi) is 6.86. The summed E-state index contributed by atoms with van der Waals surface area (Å²) in [5, 5.41) is 2.41. The molecule has 8 heteroatoms. The number of carbonyl (C=O) groups is 3. The van der Waals surface area contributed by atoms with Crippen LogP contribution in [0.5, 0.6) is 5.75 Å². The van der Waals surface area contributed by atoms with Gasteiger partial charge in [0.15, 0.2) is 0 Å². The summed E-state index contributed by atoms with van der Waals surface area (Å²) in [4.78, 5) is 38.7. The molecule has 1 fully saturated rings. The molecule has 0 bridgehead atoms. The van der Waals surface area contributed by atoms with Gasteiger partial charge < -0.3 is 4.74 Å². The number of nitrogens with one attached hydrogen (secondary N) is 1. The van der Waals surface area contributed by atoms with Gasteiger partial charge in [-0.1, -0.05) is 48.0 Å². The molecule has 0 atom stereocenters. The van der Waals surface area contributed by atoms with Crippen LogP contribution in [0.1, 0.15) is 22.3 Å². The number of halogens is 2. The lowest BCUT2D eigenvalue weighted by Gasteiger charge is -2.27. The molecule has 0 spiro atoms. The SMILES string of the molecule is Cc1ccc(COc2ccc(/C=C3\C(=O)NC(=O)N(c4ccccc4Cl)C3=O)cc2Br)cc1C. The average molecular weight is 540 g/mol. The van der Waals surface area contributed by atoms with Crippen molar-refractivity contribution in [2.45, 2.75) is 20.5 Å². The first-order chi connectivity index (χ1) is 16.2. The minimum Gasteiger partial charge on any atom is -0.488 e. The summed E-state index contributed by atoms with van der Waals surface area (Å²) in [5.74, 6) is -0.912. The van der Waals surface area contributed by atoms with Gasteiger partial charge in [0.1, 0.15) is 17.9 Å². The van der Waals surface area contributed by atoms with Gasteiger partial charge in [-0.2, -0.15) is 0 Å². The molecule has 0 aromatic heterocycles. The van der Waals surface area contributed by atoms with Gasteiger partial charge in [0, 0.05) is 0 Å². The Morgan fingerprint density at radius 2 is 1.76 bits per heavy atom. The minimum atomic E-state index is -0.850. The van der Waals surface area contributed by atoms with E-state index < -0.39 is 17.8 Å². The fourth-order valence-electron chi connectivity index (χ4n) is 3.45. The molecule has 4 rings (SSSR count). The highest BCUT2D eigenvalue weighted by Gasteiger charge is 2.37. The molecule has 1 N–H and O–H groups in total. The van der Waals surface area contributed by atoms with E-state index in [1.165, 1.54) is 23.3 Å². The van der Waals surface area contributed by atoms with Crippen LogP contribution in [0.2, 0.25) is 5.02 Å². The first-order valence-corrected chi connectivity index (χ1v) is 11.6. The number of ether oxygens (including phenoxy) is 1. The highest BCUT2D eigenvalue weighted by molar-refractivity contribution is 9.10. The molecule has 0 radical (unpaired) electrons. The second kappa shape index (κ2) is 9.83. The van der Waals surface area contributed by atoms with Gasteiger partial charge in [-0.05, 0) is 82.4 Å². The third kappa shape index (κ3) is 4.90. The maximum Gasteiger partial charge on any atom is 0.335 e. The number of benzene rings is 3. The van der Waals surface area contributed by atoms with Gasteiger partial charge in [0.05, 0.1) is 15.2 Å². The molecular formula is C26H20BrClN2O4. The van der Waals surface area contributed by atoms with E-state index in [-0.39, 0.29) is 16.3 Å². The summed E-state index contributed by atoms with van der Waals surface area (Å²) in [5.41, 5.74) is 4.06. The number of barbiturate groups is 1. The van der Waals surface area contributed by atoms with Gasteiger partial charge in [0.2, 0.25) is 0 Å². The smallest absolute Gasteiger partial charge is 0.335 e. The van der Waals surface area contributed by atoms with E-state index in [1.807, 2.05) is 6.07 Å². The van der Waals surface area contributed by atoms with Crippen molar-refractivity contribution < 1.29 is 19.1 Å². The third-order valence-corrected chi connectivity index (χ3v) is 6.37. The van der Waals surface area contributed by atoms with Gasteiger partial charge >= 0.3 is 6.03 Å². The van der Waals surface area contributed by atoms with Crippen molar-refractivity contribution in [2.24, 2.45) is 0 Å². The second-order valence-electron chi connectivity index (χ2n) is 7.81. The minimum absolute atomic E-state index is 0.185. The Bertz CT molecular complexity index is 1350. The maximum absolute atomic E-state index is 13.0. The van der Waals surface area contributed by atoms with E-state index in [0.717, 1.165) is 10.5 Å². The largest absolute Gasteiger partial charge is 0.488 e. The number of anilines is 1. The van der Waals surface area contributed by atoms with Crippen molar-refractivity contribution in [3.05, 3.63) is 98.0 Å². The summed E-state index contributed by atoms with van der Waals surface area (Å²) in [6.45, 7) is 4.51. The van der Waals surface area contributed by atoms with Crippen LogP contribution in [0, 0.1) is 13.8 Å². The third-order valence-electron chi connectivity index (χ3n) is 5.43. The van der Waals surface area contributed by atoms with Gasteiger partial charge in [0.25, 0.3) is 11.8 Å². The zero-order chi connectivity index (χ0) is 24.4. The predicted molar refractivity (Wildman–Crippen MR) is 135 cm³/mol. The second-order valence-corrected chi connectivity index (χ2v) is 9.07. The summed E-state index contributed by atoms with van der Waals surface area (Å²) < 4.78 is 6.59. The number of para-hydroxylation sites is 1. The average Bonchev–Trinajstić information content (AvgIpc) is 2.79. The maximum atomic E-state index is 13.0. The van der Waals surface area contributed by atoms with Crippen molar-refractivity contribution in [3.63, 3.8) is 0 Å². The molecule has 1 heterocycles. The van der Waals surface area contributed by atoms with Crippen LogP contribution < -0.4 is 15.0 Å². The zero-order valence-electron chi connectivity index (χ0n) is 18.4. The molecular weight excluding hydrogens is 520 g/mol. The van der Waals surface area contributed by atoms with Crippen LogP contribution in [-0.2, 0) is 16.2 Å². The number of aryl methyl sites for hydroxylation is 2. The first kappa shape index (κ1) is 23.7. The lowest BCUT2D eigenvalue weighted by molar-refractivity contribution is -0.122. The Balaban J connectivity index is 1.56. The molecule has 1 aliphatic rings. The van der Waals surface area contributed by atoms with E-state index >= 15 is 0 Å². The molecule has 0 unspecified atom stereocenters. The van der Waals surface area contributed by atoms with Crippen LogP contribution in [0.3, 0.4) is 0 Å². The zero-order valence-corrected chi connectivity index (χ0v) is 20.7. The molecule has 34 heavy (non-hydrogen) atoms. The predicted octanol–water partition coefficient (Wildman–Crippen LogP) is 5.96. The van der Waals surface area contributed by atoms with Crippen LogP contribution in [0.15, 0.2) is 70.7 Å². The van der Waals surface area contributed by atoms with E-state index in [2.05, 4.69) is 47.2 Å². The van der Waals surface area contributed by atoms with E-state index in [9.17, 15) is 14.4 Å². The van der Waals surface area contributed by atoms with Crippen molar-refractivity contribution in [3.8, 4) is 5.75 Å². The number of carbonyl (C=O) groups excluding carboxylic acids is 3. The Morgan fingerprint density at radius 3 is 2.47 bits per heavy atom. The summed E-state index contributed by atoms with van der Waals surface area (Å²) in [6.07, 6.45) is 1.42. The van der Waals surface area contributed by atoms with Crippen molar-refractivity contribution in [2.75, 3.05) is 4.90 Å². The fourth-order valence-corrected chi connectivity index (χ4v) is 4.19. The number of imide groups is 2. The van der Waals surface area contributed by atoms with Crippen molar-refractivity contribution in [1.29, 1.82) is 0 Å². The first-order valence-electron chi connectivity index (χ1n) is 10.4. The van der Waals surface area contributed by atoms with Gasteiger partial charge in [-0.3, -0.25) is 14.9 Å². The number of nitrogens with zero attached hydrogens (tertiary/aromatic N) is 1. The molecule has 0 saturated carbocycles. The number of amides is 4. The normalized spacial score (nSPS) is 15.0. The Labute approximate surface area is 210 Å². The number of hydrogen-bond donors (Lipinski definition) is 1. The monoisotopic (exact) mass is 538 g/mol. The summed E-state index contributed by atoms with van der Waals surface area (Å²) in [7, 11) is 0. The number of rotatable bonds is 5. The molecule has 1 aliphatic heterocycles. The topological polar surface area (TPSA) is 75.7 Å². The molecule has 0 aliphatic carbocycles. The van der Waals surface area contributed by atoms with Crippen LogP contribution in [0.25, 0.3) is 6.08 Å². The van der Waals surface area contributed by atoms with Crippen LogP contribution in [-0.4, -0.2) is 17.8 Å². The summed E-state index contributed by atoms with van der Waals surface area (Å²) in [6, 6.07) is 16.9. The van der Waals surface area contributed by atoms with E-state index in [4.69, 9.17) is 16.3 Å². The van der Waals surface area contributed by atoms with Crippen molar-refractivity contribution in [1.82, 2.24) is 5.32 Å². The van der Waals surface area contributed by atoms with Gasteiger partial charge in [-0.15, -0.1) is 0 Å². The summed E-state index contributed by atoms with van der Waals surface area (Å²) >= 11 is 9.65. The van der Waals surface area contributed by atoms with Crippen LogP contribution in [0.4, 0.5) is 10.5 Å². The lowest BCUT2D eigenvalue weighted by atomic mass is 10.1. The lowest BCUT2D eigenvalue weighted by Crippen LogP contribution is -2.54. The Morgan fingerprint density at radius 1 is 1.00 bits per heavy atom. The standard InChI is InChI=1S/C26H20BrClN2O4/c1-15-7-8-18(11-16(15)2)14-34-23-10-9-17(13-20(23)27)12-19-24(31)29-26(33)30(25(19)32)22-6-4-3-5-21(22)28/h3-13H,14H2,1-2H3,(H,29,31,33)/b19-12+. The molecule has 4 amide bonds. The van der Waals surface area contributed by atoms with E-state index in [0.29, 0.717) is 22.4 Å². The van der Waals surface area contributed by atoms with E-state index in [1.54, 1.807) is 36.4 Å². The van der Waals surface area contributed by atoms with Crippen molar-refractivity contribution >= 4 is 57.1 Å². The molecule has 3 aromatic carbocycles. The molecule has 1 saturated heterocycles. The molecule has 172 valence electrons.